The van der Waals surface area contributed by atoms with Gasteiger partial charge in [-0.25, -0.2) is 8.78 Å². The van der Waals surface area contributed by atoms with E-state index in [2.05, 4.69) is 9.47 Å². The summed E-state index contributed by atoms with van der Waals surface area (Å²) in [5, 5.41) is 8.37. The molecule has 0 spiro atoms. The molecule has 1 fully saturated rings. The predicted molar refractivity (Wildman–Crippen MR) is 47.6 cm³/mol. The zero-order valence-corrected chi connectivity index (χ0v) is 11.1. The van der Waals surface area contributed by atoms with Gasteiger partial charge in [-0.2, -0.15) is 48.3 Å². The van der Waals surface area contributed by atoms with E-state index in [1.807, 2.05) is 0 Å². The van der Waals surface area contributed by atoms with Crippen molar-refractivity contribution >= 4 is 0 Å². The standard InChI is InChI=1S/C9H5F13O3/c10-1-3(11,12)6(14,15)5(13)8(19,20)24-4(2-23,7(16,17)18)25-9(5,21)22/h23H,1-2H2. The van der Waals surface area contributed by atoms with Crippen molar-refractivity contribution in [3.63, 3.8) is 0 Å². The summed E-state index contributed by atoms with van der Waals surface area (Å²) in [4.78, 5) is 0. The Labute approximate surface area is 128 Å². The van der Waals surface area contributed by atoms with Crippen LogP contribution in [0.25, 0.3) is 0 Å². The van der Waals surface area contributed by atoms with Gasteiger partial charge in [-0.1, -0.05) is 0 Å². The third-order valence-corrected chi connectivity index (χ3v) is 3.09. The third-order valence-electron chi connectivity index (χ3n) is 3.09. The normalized spacial score (nSPS) is 33.4. The lowest BCUT2D eigenvalue weighted by atomic mass is 9.88. The third kappa shape index (κ3) is 2.63. The van der Waals surface area contributed by atoms with Gasteiger partial charge in [0.15, 0.2) is 6.67 Å². The van der Waals surface area contributed by atoms with Gasteiger partial charge < -0.3 is 5.11 Å². The summed E-state index contributed by atoms with van der Waals surface area (Å²) in [6.45, 7) is -6.55. The van der Waals surface area contributed by atoms with Crippen LogP contribution in [0, 0.1) is 0 Å². The Morgan fingerprint density at radius 1 is 0.760 bits per heavy atom. The van der Waals surface area contributed by atoms with E-state index in [0.717, 1.165) is 0 Å². The van der Waals surface area contributed by atoms with Crippen LogP contribution in [0.15, 0.2) is 0 Å². The molecule has 150 valence electrons. The predicted octanol–water partition coefficient (Wildman–Crippen LogP) is 3.42. The van der Waals surface area contributed by atoms with Gasteiger partial charge >= 0.3 is 35.9 Å². The molecule has 1 heterocycles. The van der Waals surface area contributed by atoms with Crippen molar-refractivity contribution in [2.75, 3.05) is 13.3 Å². The van der Waals surface area contributed by atoms with E-state index in [4.69, 9.17) is 5.11 Å². The first-order valence-electron chi connectivity index (χ1n) is 5.62. The second-order valence-corrected chi connectivity index (χ2v) is 4.72. The van der Waals surface area contributed by atoms with Crippen molar-refractivity contribution in [2.45, 2.75) is 41.7 Å². The van der Waals surface area contributed by atoms with Gasteiger partial charge in [0, 0.05) is 0 Å². The molecule has 0 aromatic rings. The Balaban J connectivity index is 3.67. The maximum Gasteiger partial charge on any atom is 0.446 e. The molecule has 16 heteroatoms. The van der Waals surface area contributed by atoms with Crippen LogP contribution in [0.2, 0.25) is 0 Å². The first-order chi connectivity index (χ1) is 10.8. The Kier molecular flexibility index (Phi) is 4.83. The van der Waals surface area contributed by atoms with Crippen molar-refractivity contribution in [2.24, 2.45) is 0 Å². The highest BCUT2D eigenvalue weighted by Gasteiger charge is 2.94. The maximum atomic E-state index is 13.9. The minimum absolute atomic E-state index is 2.43. The fourth-order valence-corrected chi connectivity index (χ4v) is 1.72. The number of aliphatic hydroxyl groups is 1. The average Bonchev–Trinajstić information content (AvgIpc) is 2.41. The molecule has 0 saturated carbocycles. The van der Waals surface area contributed by atoms with Crippen LogP contribution in [0.5, 0.6) is 0 Å². The van der Waals surface area contributed by atoms with E-state index in [-0.39, 0.29) is 0 Å². The van der Waals surface area contributed by atoms with E-state index in [9.17, 15) is 57.1 Å². The summed E-state index contributed by atoms with van der Waals surface area (Å²) in [7, 11) is 0. The number of hydrogen-bond acceptors (Lipinski definition) is 3. The largest absolute Gasteiger partial charge is 0.446 e. The molecule has 0 unspecified atom stereocenters. The van der Waals surface area contributed by atoms with Crippen LogP contribution in [0.1, 0.15) is 0 Å². The zero-order chi connectivity index (χ0) is 20.3. The Hall–Kier alpha value is -1.03. The first kappa shape index (κ1) is 22.0. The Morgan fingerprint density at radius 3 is 1.36 bits per heavy atom. The lowest BCUT2D eigenvalue weighted by molar-refractivity contribution is -0.598. The number of rotatable bonds is 4. The fraction of sp³-hybridized carbons (Fsp3) is 1.00. The molecule has 3 nitrogen and oxygen atoms in total. The van der Waals surface area contributed by atoms with Gasteiger partial charge in [-0.05, 0) is 0 Å². The molecule has 25 heavy (non-hydrogen) atoms. The summed E-state index contributed by atoms with van der Waals surface area (Å²) in [5.74, 6) is -19.3. The van der Waals surface area contributed by atoms with E-state index >= 15 is 0 Å². The van der Waals surface area contributed by atoms with Crippen molar-refractivity contribution in [1.82, 2.24) is 0 Å². The maximum absolute atomic E-state index is 13.9. The van der Waals surface area contributed by atoms with Gasteiger partial charge in [0.25, 0.3) is 5.79 Å². The van der Waals surface area contributed by atoms with Gasteiger partial charge in [0.05, 0.1) is 0 Å². The van der Waals surface area contributed by atoms with Crippen LogP contribution in [-0.2, 0) is 9.47 Å². The topological polar surface area (TPSA) is 38.7 Å². The Morgan fingerprint density at radius 2 is 1.12 bits per heavy atom. The molecule has 1 rings (SSSR count). The zero-order valence-electron chi connectivity index (χ0n) is 11.1. The monoisotopic (exact) mass is 408 g/mol. The Bertz CT molecular complexity index is 495. The number of ether oxygens (including phenoxy) is 2. The summed E-state index contributed by atoms with van der Waals surface area (Å²) in [5.41, 5.74) is -7.27. The van der Waals surface area contributed by atoms with Crippen molar-refractivity contribution in [3.05, 3.63) is 0 Å². The van der Waals surface area contributed by atoms with Gasteiger partial charge in [0.2, 0.25) is 0 Å². The molecular weight excluding hydrogens is 403 g/mol. The quantitative estimate of drug-likeness (QED) is 0.725. The molecule has 0 aliphatic carbocycles. The highest BCUT2D eigenvalue weighted by Crippen LogP contribution is 2.64. The first-order valence-corrected chi connectivity index (χ1v) is 5.62. The minimum Gasteiger partial charge on any atom is -0.390 e. The smallest absolute Gasteiger partial charge is 0.390 e. The SMILES string of the molecule is OCC1(C(F)(F)F)OC(F)(F)C(F)(C(F)(F)C(F)(F)CF)C(F)(F)O1. The lowest BCUT2D eigenvalue weighted by Crippen LogP contribution is -2.81. The molecule has 0 atom stereocenters. The molecule has 1 aliphatic heterocycles. The van der Waals surface area contributed by atoms with Gasteiger partial charge in [-0.15, -0.1) is 0 Å². The summed E-state index contributed by atoms with van der Waals surface area (Å²) >= 11 is 0. The van der Waals surface area contributed by atoms with Crippen molar-refractivity contribution in [1.29, 1.82) is 0 Å². The number of aliphatic hydroxyl groups excluding tert-OH is 1. The highest BCUT2D eigenvalue weighted by atomic mass is 19.4. The van der Waals surface area contributed by atoms with Gasteiger partial charge in [0.1, 0.15) is 6.61 Å². The van der Waals surface area contributed by atoms with E-state index in [1.165, 1.54) is 0 Å². The molecule has 0 radical (unpaired) electrons. The molecule has 0 bridgehead atoms. The minimum atomic E-state index is -7.31. The number of halogens is 13. The molecule has 1 aliphatic rings. The van der Waals surface area contributed by atoms with E-state index in [1.54, 1.807) is 0 Å². The van der Waals surface area contributed by atoms with Crippen LogP contribution in [0.4, 0.5) is 57.1 Å². The van der Waals surface area contributed by atoms with Crippen LogP contribution < -0.4 is 0 Å². The molecule has 0 aromatic heterocycles. The summed E-state index contributed by atoms with van der Waals surface area (Å²) < 4.78 is 174. The van der Waals surface area contributed by atoms with Gasteiger partial charge in [-0.3, -0.25) is 9.47 Å². The highest BCUT2D eigenvalue weighted by molar-refractivity contribution is 5.14. The van der Waals surface area contributed by atoms with E-state index < -0.39 is 55.0 Å². The van der Waals surface area contributed by atoms with Crippen molar-refractivity contribution in [3.8, 4) is 0 Å². The molecule has 1 saturated heterocycles. The summed E-state index contributed by atoms with van der Waals surface area (Å²) in [6.07, 6.45) is -20.5. The van der Waals surface area contributed by atoms with Crippen LogP contribution >= 0.6 is 0 Å². The summed E-state index contributed by atoms with van der Waals surface area (Å²) in [6, 6.07) is 0. The van der Waals surface area contributed by atoms with E-state index in [0.29, 0.717) is 0 Å². The number of alkyl halides is 13. The molecule has 0 amide bonds. The van der Waals surface area contributed by atoms with Crippen LogP contribution in [0.3, 0.4) is 0 Å². The van der Waals surface area contributed by atoms with Crippen LogP contribution in [-0.4, -0.2) is 60.1 Å². The molecular formula is C9H5F13O3. The fourth-order valence-electron chi connectivity index (χ4n) is 1.72. The van der Waals surface area contributed by atoms with Crippen molar-refractivity contribution < 1.29 is 71.7 Å². The second kappa shape index (κ2) is 5.48. The lowest BCUT2D eigenvalue weighted by Gasteiger charge is -2.52. The second-order valence-electron chi connectivity index (χ2n) is 4.72. The molecule has 1 N–H and O–H groups in total. The average molecular weight is 408 g/mol. The molecule has 0 aromatic carbocycles. The number of hydrogen-bond donors (Lipinski definition) is 1.